The Morgan fingerprint density at radius 3 is 2.50 bits per heavy atom. The number of carbonyl (C=O) groups excluding carboxylic acids is 1. The van der Waals surface area contributed by atoms with E-state index < -0.39 is 0 Å². The zero-order valence-electron chi connectivity index (χ0n) is 13.0. The zero-order chi connectivity index (χ0) is 14.8. The number of hydrogen-bond acceptors (Lipinski definition) is 3. The van der Waals surface area contributed by atoms with E-state index in [1.54, 1.807) is 0 Å². The van der Waals surface area contributed by atoms with Gasteiger partial charge in [-0.25, -0.2) is 0 Å². The summed E-state index contributed by atoms with van der Waals surface area (Å²) in [4.78, 5) is 14.1. The molecular weight excluding hydrogens is 250 g/mol. The van der Waals surface area contributed by atoms with Gasteiger partial charge in [0.25, 0.3) is 0 Å². The summed E-state index contributed by atoms with van der Waals surface area (Å²) in [6, 6.07) is 10.2. The highest BCUT2D eigenvalue weighted by Crippen LogP contribution is 2.42. The van der Waals surface area contributed by atoms with Gasteiger partial charge in [-0.1, -0.05) is 37.3 Å². The van der Waals surface area contributed by atoms with Gasteiger partial charge in [0.2, 0.25) is 0 Å². The van der Waals surface area contributed by atoms with Crippen molar-refractivity contribution in [2.24, 2.45) is 5.41 Å². The van der Waals surface area contributed by atoms with Gasteiger partial charge in [-0.2, -0.15) is 0 Å². The van der Waals surface area contributed by atoms with Crippen molar-refractivity contribution in [1.82, 2.24) is 4.90 Å². The number of benzene rings is 1. The first-order valence-corrected chi connectivity index (χ1v) is 7.20. The van der Waals surface area contributed by atoms with Gasteiger partial charge in [-0.3, -0.25) is 9.69 Å². The molecule has 110 valence electrons. The molecule has 1 aliphatic heterocycles. The standard InChI is InChI=1S/C17H25NO2/c1-16(2)17(3,10-15(19)11-18(16)4)13-20-12-14-8-6-5-7-9-14/h5-9H,10-13H2,1-4H3. The number of Topliss-reactive ketones (excluding diaryl/α,β-unsaturated/α-hetero) is 1. The van der Waals surface area contributed by atoms with Crippen molar-refractivity contribution in [3.8, 4) is 0 Å². The smallest absolute Gasteiger partial charge is 0.147 e. The van der Waals surface area contributed by atoms with Gasteiger partial charge in [-0.05, 0) is 26.5 Å². The van der Waals surface area contributed by atoms with Gasteiger partial charge >= 0.3 is 0 Å². The van der Waals surface area contributed by atoms with Gasteiger partial charge < -0.3 is 4.74 Å². The van der Waals surface area contributed by atoms with E-state index >= 15 is 0 Å². The number of carbonyl (C=O) groups is 1. The van der Waals surface area contributed by atoms with Crippen LogP contribution in [0.1, 0.15) is 32.8 Å². The third-order valence-electron chi connectivity index (χ3n) is 4.96. The molecule has 0 spiro atoms. The molecule has 1 unspecified atom stereocenters. The molecule has 0 N–H and O–H groups in total. The highest BCUT2D eigenvalue weighted by Gasteiger charge is 2.49. The van der Waals surface area contributed by atoms with Crippen LogP contribution < -0.4 is 0 Å². The van der Waals surface area contributed by atoms with E-state index in [0.717, 1.165) is 0 Å². The highest BCUT2D eigenvalue weighted by atomic mass is 16.5. The number of hydrogen-bond donors (Lipinski definition) is 0. The first-order valence-electron chi connectivity index (χ1n) is 7.20. The predicted molar refractivity (Wildman–Crippen MR) is 80.5 cm³/mol. The Balaban J connectivity index is 2.00. The molecule has 0 bridgehead atoms. The first kappa shape index (κ1) is 15.2. The monoisotopic (exact) mass is 275 g/mol. The molecule has 2 rings (SSSR count). The molecule has 1 atom stereocenters. The minimum Gasteiger partial charge on any atom is -0.376 e. The number of likely N-dealkylation sites (tertiary alicyclic amines) is 1. The summed E-state index contributed by atoms with van der Waals surface area (Å²) < 4.78 is 5.92. The summed E-state index contributed by atoms with van der Waals surface area (Å²) in [6.45, 7) is 8.30. The maximum absolute atomic E-state index is 11.9. The van der Waals surface area contributed by atoms with Crippen LogP contribution in [0.5, 0.6) is 0 Å². The fourth-order valence-corrected chi connectivity index (χ4v) is 2.83. The van der Waals surface area contributed by atoms with Gasteiger partial charge in [0.15, 0.2) is 0 Å². The van der Waals surface area contributed by atoms with Crippen LogP contribution in [-0.2, 0) is 16.1 Å². The molecule has 0 aromatic heterocycles. The number of piperidine rings is 1. The molecule has 1 fully saturated rings. The average Bonchev–Trinajstić information content (AvgIpc) is 2.38. The molecule has 3 heteroatoms. The van der Waals surface area contributed by atoms with Crippen LogP contribution in [-0.4, -0.2) is 36.4 Å². The third kappa shape index (κ3) is 2.94. The molecule has 20 heavy (non-hydrogen) atoms. The van der Waals surface area contributed by atoms with Crippen molar-refractivity contribution in [1.29, 1.82) is 0 Å². The van der Waals surface area contributed by atoms with Crippen molar-refractivity contribution in [2.75, 3.05) is 20.2 Å². The van der Waals surface area contributed by atoms with Crippen molar-refractivity contribution in [3.63, 3.8) is 0 Å². The van der Waals surface area contributed by atoms with E-state index in [2.05, 4.69) is 37.8 Å². The maximum atomic E-state index is 11.9. The van der Waals surface area contributed by atoms with Crippen molar-refractivity contribution in [3.05, 3.63) is 35.9 Å². The summed E-state index contributed by atoms with van der Waals surface area (Å²) in [5.74, 6) is 0.303. The minimum atomic E-state index is -0.147. The summed E-state index contributed by atoms with van der Waals surface area (Å²) in [5.41, 5.74) is 0.980. The minimum absolute atomic E-state index is 0.0440. The molecule has 0 radical (unpaired) electrons. The van der Waals surface area contributed by atoms with Crippen LogP contribution in [0.15, 0.2) is 30.3 Å². The van der Waals surface area contributed by atoms with E-state index in [1.807, 2.05) is 25.2 Å². The first-order chi connectivity index (χ1) is 9.35. The Hall–Kier alpha value is -1.19. The summed E-state index contributed by atoms with van der Waals surface area (Å²) >= 11 is 0. The van der Waals surface area contributed by atoms with Crippen LogP contribution in [0.25, 0.3) is 0 Å². The third-order valence-corrected chi connectivity index (χ3v) is 4.96. The molecule has 1 heterocycles. The summed E-state index contributed by atoms with van der Waals surface area (Å²) in [7, 11) is 2.02. The van der Waals surface area contributed by atoms with Crippen molar-refractivity contribution in [2.45, 2.75) is 39.3 Å². The SMILES string of the molecule is CN1CC(=O)CC(C)(COCc2ccccc2)C1(C)C. The van der Waals surface area contributed by atoms with Crippen LogP contribution >= 0.6 is 0 Å². The Labute approximate surface area is 121 Å². The van der Waals surface area contributed by atoms with Crippen LogP contribution in [0.2, 0.25) is 0 Å². The lowest BCUT2D eigenvalue weighted by molar-refractivity contribution is -0.140. The molecule has 1 saturated heterocycles. The molecule has 1 aromatic carbocycles. The fourth-order valence-electron chi connectivity index (χ4n) is 2.83. The number of ketones is 1. The molecule has 1 aliphatic rings. The topological polar surface area (TPSA) is 29.5 Å². The summed E-state index contributed by atoms with van der Waals surface area (Å²) in [6.07, 6.45) is 0.596. The lowest BCUT2D eigenvalue weighted by atomic mass is 9.67. The summed E-state index contributed by atoms with van der Waals surface area (Å²) in [5, 5.41) is 0. The van der Waals surface area contributed by atoms with E-state index in [0.29, 0.717) is 32.0 Å². The quantitative estimate of drug-likeness (QED) is 0.846. The average molecular weight is 275 g/mol. The van der Waals surface area contributed by atoms with E-state index in [9.17, 15) is 4.79 Å². The second-order valence-corrected chi connectivity index (χ2v) is 6.67. The molecular formula is C17H25NO2. The fraction of sp³-hybridized carbons (Fsp3) is 0.588. The van der Waals surface area contributed by atoms with Crippen LogP contribution in [0.4, 0.5) is 0 Å². The van der Waals surface area contributed by atoms with E-state index in [-0.39, 0.29) is 11.0 Å². The van der Waals surface area contributed by atoms with Gasteiger partial charge in [0.05, 0.1) is 19.8 Å². The van der Waals surface area contributed by atoms with Crippen LogP contribution in [0, 0.1) is 5.41 Å². The maximum Gasteiger partial charge on any atom is 0.147 e. The number of rotatable bonds is 4. The molecule has 0 saturated carbocycles. The Morgan fingerprint density at radius 2 is 1.85 bits per heavy atom. The van der Waals surface area contributed by atoms with Gasteiger partial charge in [-0.15, -0.1) is 0 Å². The van der Waals surface area contributed by atoms with E-state index in [4.69, 9.17) is 4.74 Å². The van der Waals surface area contributed by atoms with E-state index in [1.165, 1.54) is 5.56 Å². The van der Waals surface area contributed by atoms with Gasteiger partial charge in [0.1, 0.15) is 5.78 Å². The number of likely N-dealkylation sites (N-methyl/N-ethyl adjacent to an activating group) is 1. The Morgan fingerprint density at radius 1 is 1.20 bits per heavy atom. The van der Waals surface area contributed by atoms with Crippen LogP contribution in [0.3, 0.4) is 0 Å². The van der Waals surface area contributed by atoms with Crippen molar-refractivity contribution >= 4 is 5.78 Å². The second kappa shape index (κ2) is 5.66. The van der Waals surface area contributed by atoms with Gasteiger partial charge in [0, 0.05) is 17.4 Å². The normalized spacial score (nSPS) is 26.7. The largest absolute Gasteiger partial charge is 0.376 e. The highest BCUT2D eigenvalue weighted by molar-refractivity contribution is 5.82. The number of nitrogens with zero attached hydrogens (tertiary/aromatic N) is 1. The lowest BCUT2D eigenvalue weighted by Gasteiger charge is -2.52. The number of ether oxygens (including phenoxy) is 1. The molecule has 1 aromatic rings. The molecule has 3 nitrogen and oxygen atoms in total. The van der Waals surface area contributed by atoms with Crippen molar-refractivity contribution < 1.29 is 9.53 Å². The Kier molecular flexibility index (Phi) is 4.31. The zero-order valence-corrected chi connectivity index (χ0v) is 13.0. The Bertz CT molecular complexity index is 469. The second-order valence-electron chi connectivity index (χ2n) is 6.67. The molecule has 0 amide bonds. The lowest BCUT2D eigenvalue weighted by Crippen LogP contribution is -2.61. The predicted octanol–water partition coefficient (Wildman–Crippen LogP) is 2.89. The molecule has 0 aliphatic carbocycles.